The van der Waals surface area contributed by atoms with Crippen molar-refractivity contribution < 1.29 is 10.0 Å². The first-order chi connectivity index (χ1) is 9.52. The second-order valence-electron chi connectivity index (χ2n) is 5.52. The summed E-state index contributed by atoms with van der Waals surface area (Å²) in [6, 6.07) is 5.04. The number of nitrogens with zero attached hydrogens (tertiary/aromatic N) is 2. The molecule has 1 heterocycles. The molecule has 0 spiro atoms. The van der Waals surface area contributed by atoms with Crippen LogP contribution in [0.2, 0.25) is 0 Å². The molecule has 0 bridgehead atoms. The molecule has 0 amide bonds. The molecule has 1 aliphatic heterocycles. The predicted molar refractivity (Wildman–Crippen MR) is 79.0 cm³/mol. The summed E-state index contributed by atoms with van der Waals surface area (Å²) in [5, 5.41) is 20.8. The molecule has 0 aromatic heterocycles. The number of nitro benzene ring substituents is 1. The fraction of sp³-hybridized carbons (Fsp3) is 0.600. The van der Waals surface area contributed by atoms with E-state index in [1.54, 1.807) is 19.1 Å². The summed E-state index contributed by atoms with van der Waals surface area (Å²) in [4.78, 5) is 13.0. The standard InChI is InChI=1S/C15H22N2O3/c1-3-12-6-8-16(9-7-12)14-5-4-13(11(2)18)10-15(14)17(19)20/h4-5,10-12,18H,3,6-9H2,1-2H3/t11-/m0/s1. The van der Waals surface area contributed by atoms with Crippen molar-refractivity contribution >= 4 is 11.4 Å². The molecule has 0 aliphatic carbocycles. The van der Waals surface area contributed by atoms with E-state index < -0.39 is 6.10 Å². The normalized spacial score (nSPS) is 18.1. The Balaban J connectivity index is 2.25. The molecular weight excluding hydrogens is 256 g/mol. The van der Waals surface area contributed by atoms with Crippen LogP contribution in [0.15, 0.2) is 18.2 Å². The SMILES string of the molecule is CCC1CCN(c2ccc([C@H](C)O)cc2[N+](=O)[O-])CC1. The van der Waals surface area contributed by atoms with Crippen LogP contribution >= 0.6 is 0 Å². The Kier molecular flexibility index (Phi) is 4.60. The van der Waals surface area contributed by atoms with Crippen LogP contribution in [0.25, 0.3) is 0 Å². The van der Waals surface area contributed by atoms with Gasteiger partial charge in [-0.05, 0) is 37.3 Å². The molecule has 1 aliphatic rings. The Labute approximate surface area is 119 Å². The van der Waals surface area contributed by atoms with Crippen LogP contribution in [0, 0.1) is 16.0 Å². The minimum atomic E-state index is -0.687. The average Bonchev–Trinajstić information content (AvgIpc) is 2.46. The maximum absolute atomic E-state index is 11.3. The molecule has 0 unspecified atom stereocenters. The van der Waals surface area contributed by atoms with Crippen LogP contribution in [0.3, 0.4) is 0 Å². The highest BCUT2D eigenvalue weighted by Crippen LogP contribution is 2.34. The predicted octanol–water partition coefficient (Wildman–Crippen LogP) is 3.27. The topological polar surface area (TPSA) is 66.6 Å². The minimum absolute atomic E-state index is 0.0957. The molecule has 1 saturated heterocycles. The molecule has 110 valence electrons. The van der Waals surface area contributed by atoms with Gasteiger partial charge in [0.05, 0.1) is 11.0 Å². The van der Waals surface area contributed by atoms with Crippen molar-refractivity contribution in [1.82, 2.24) is 0 Å². The number of nitro groups is 1. The number of aliphatic hydroxyl groups is 1. The Morgan fingerprint density at radius 3 is 2.60 bits per heavy atom. The number of hydrogen-bond acceptors (Lipinski definition) is 4. The molecule has 1 fully saturated rings. The van der Waals surface area contributed by atoms with Gasteiger partial charge >= 0.3 is 0 Å². The molecule has 5 heteroatoms. The van der Waals surface area contributed by atoms with E-state index in [1.165, 1.54) is 12.5 Å². The van der Waals surface area contributed by atoms with Gasteiger partial charge in [-0.1, -0.05) is 19.4 Å². The zero-order valence-corrected chi connectivity index (χ0v) is 12.1. The van der Waals surface area contributed by atoms with Gasteiger partial charge in [0, 0.05) is 19.2 Å². The lowest BCUT2D eigenvalue weighted by atomic mass is 9.94. The van der Waals surface area contributed by atoms with Crippen molar-refractivity contribution in [1.29, 1.82) is 0 Å². The number of benzene rings is 1. The first-order valence-corrected chi connectivity index (χ1v) is 7.24. The smallest absolute Gasteiger partial charge is 0.292 e. The first kappa shape index (κ1) is 14.8. The second kappa shape index (κ2) is 6.22. The second-order valence-corrected chi connectivity index (χ2v) is 5.52. The van der Waals surface area contributed by atoms with Crippen LogP contribution in [0.4, 0.5) is 11.4 Å². The number of piperidine rings is 1. The van der Waals surface area contributed by atoms with Crippen molar-refractivity contribution in [3.63, 3.8) is 0 Å². The van der Waals surface area contributed by atoms with E-state index in [4.69, 9.17) is 0 Å². The molecule has 0 saturated carbocycles. The Bertz CT molecular complexity index is 480. The van der Waals surface area contributed by atoms with E-state index in [2.05, 4.69) is 11.8 Å². The van der Waals surface area contributed by atoms with Gasteiger partial charge in [0.25, 0.3) is 5.69 Å². The van der Waals surface area contributed by atoms with Crippen molar-refractivity contribution in [2.75, 3.05) is 18.0 Å². The van der Waals surface area contributed by atoms with Crippen molar-refractivity contribution in [2.24, 2.45) is 5.92 Å². The molecular formula is C15H22N2O3. The Morgan fingerprint density at radius 2 is 2.10 bits per heavy atom. The van der Waals surface area contributed by atoms with E-state index in [0.717, 1.165) is 31.8 Å². The van der Waals surface area contributed by atoms with E-state index in [9.17, 15) is 15.2 Å². The number of hydrogen-bond donors (Lipinski definition) is 1. The minimum Gasteiger partial charge on any atom is -0.389 e. The summed E-state index contributed by atoms with van der Waals surface area (Å²) >= 11 is 0. The van der Waals surface area contributed by atoms with E-state index in [1.807, 2.05) is 0 Å². The number of aliphatic hydroxyl groups excluding tert-OH is 1. The highest BCUT2D eigenvalue weighted by Gasteiger charge is 2.24. The average molecular weight is 278 g/mol. The lowest BCUT2D eigenvalue weighted by Gasteiger charge is -2.33. The third-order valence-corrected chi connectivity index (χ3v) is 4.21. The highest BCUT2D eigenvalue weighted by molar-refractivity contribution is 5.64. The van der Waals surface area contributed by atoms with Crippen LogP contribution in [0.5, 0.6) is 0 Å². The zero-order chi connectivity index (χ0) is 14.7. The largest absolute Gasteiger partial charge is 0.389 e. The van der Waals surface area contributed by atoms with Crippen LogP contribution in [-0.2, 0) is 0 Å². The van der Waals surface area contributed by atoms with Gasteiger partial charge in [-0.3, -0.25) is 10.1 Å². The summed E-state index contributed by atoms with van der Waals surface area (Å²) in [7, 11) is 0. The van der Waals surface area contributed by atoms with Gasteiger partial charge in [-0.2, -0.15) is 0 Å². The molecule has 5 nitrogen and oxygen atoms in total. The number of rotatable bonds is 4. The van der Waals surface area contributed by atoms with Crippen molar-refractivity contribution in [3.05, 3.63) is 33.9 Å². The molecule has 0 radical (unpaired) electrons. The highest BCUT2D eigenvalue weighted by atomic mass is 16.6. The summed E-state index contributed by atoms with van der Waals surface area (Å²) in [6.07, 6.45) is 2.67. The molecule has 1 aromatic rings. The maximum atomic E-state index is 11.3. The van der Waals surface area contributed by atoms with Gasteiger partial charge in [-0.25, -0.2) is 0 Å². The summed E-state index contributed by atoms with van der Waals surface area (Å²) in [5.41, 5.74) is 1.36. The lowest BCUT2D eigenvalue weighted by molar-refractivity contribution is -0.384. The molecule has 1 atom stereocenters. The Hall–Kier alpha value is -1.62. The molecule has 1 aromatic carbocycles. The van der Waals surface area contributed by atoms with Gasteiger partial charge in [-0.15, -0.1) is 0 Å². The third-order valence-electron chi connectivity index (χ3n) is 4.21. The summed E-state index contributed by atoms with van der Waals surface area (Å²) in [5.74, 6) is 0.738. The molecule has 1 N–H and O–H groups in total. The quantitative estimate of drug-likeness (QED) is 0.678. The molecule has 2 rings (SSSR count). The lowest BCUT2D eigenvalue weighted by Crippen LogP contribution is -2.33. The van der Waals surface area contributed by atoms with E-state index in [0.29, 0.717) is 11.3 Å². The Morgan fingerprint density at radius 1 is 1.45 bits per heavy atom. The van der Waals surface area contributed by atoms with Crippen LogP contribution in [-0.4, -0.2) is 23.1 Å². The monoisotopic (exact) mass is 278 g/mol. The number of anilines is 1. The van der Waals surface area contributed by atoms with Gasteiger partial charge < -0.3 is 10.0 Å². The third kappa shape index (κ3) is 3.10. The van der Waals surface area contributed by atoms with E-state index >= 15 is 0 Å². The van der Waals surface area contributed by atoms with Gasteiger partial charge in [0.2, 0.25) is 0 Å². The van der Waals surface area contributed by atoms with Gasteiger partial charge in [0.1, 0.15) is 5.69 Å². The fourth-order valence-electron chi connectivity index (χ4n) is 2.80. The zero-order valence-electron chi connectivity index (χ0n) is 12.1. The van der Waals surface area contributed by atoms with Crippen LogP contribution in [0.1, 0.15) is 44.8 Å². The molecule has 20 heavy (non-hydrogen) atoms. The summed E-state index contributed by atoms with van der Waals surface area (Å²) < 4.78 is 0. The maximum Gasteiger partial charge on any atom is 0.292 e. The van der Waals surface area contributed by atoms with Crippen LogP contribution < -0.4 is 4.90 Å². The summed E-state index contributed by atoms with van der Waals surface area (Å²) in [6.45, 7) is 5.55. The van der Waals surface area contributed by atoms with Crippen molar-refractivity contribution in [3.8, 4) is 0 Å². The van der Waals surface area contributed by atoms with Gasteiger partial charge in [0.15, 0.2) is 0 Å². The fourth-order valence-corrected chi connectivity index (χ4v) is 2.80. The van der Waals surface area contributed by atoms with Crippen molar-refractivity contribution in [2.45, 2.75) is 39.2 Å². The van der Waals surface area contributed by atoms with E-state index in [-0.39, 0.29) is 10.6 Å². The first-order valence-electron chi connectivity index (χ1n) is 7.24.